The summed E-state index contributed by atoms with van der Waals surface area (Å²) in [6.07, 6.45) is 1.57. The Bertz CT molecular complexity index is 453. The van der Waals surface area contributed by atoms with Gasteiger partial charge < -0.3 is 15.5 Å². The van der Waals surface area contributed by atoms with Gasteiger partial charge in [0.1, 0.15) is 0 Å². The summed E-state index contributed by atoms with van der Waals surface area (Å²) in [6, 6.07) is 0. The number of carboxylic acid groups (broad SMARTS) is 1. The minimum absolute atomic E-state index is 0.0633. The number of hydrogen-bond donors (Lipinski definition) is 4. The minimum atomic E-state index is -1.23. The standard InChI is InChI=1S/C11H16N4O4/c1-11(2,19)3-4-12-9(16)8-13-5-7(6-14-8)15-10(17)18/h5-6,15,19H,3-4H2,1-2H3,(H,12,16)(H,17,18). The van der Waals surface area contributed by atoms with Gasteiger partial charge in [-0.1, -0.05) is 0 Å². The van der Waals surface area contributed by atoms with E-state index in [4.69, 9.17) is 5.11 Å². The molecule has 19 heavy (non-hydrogen) atoms. The molecule has 1 heterocycles. The first-order valence-electron chi connectivity index (χ1n) is 5.60. The van der Waals surface area contributed by atoms with Crippen LogP contribution >= 0.6 is 0 Å². The largest absolute Gasteiger partial charge is 0.465 e. The van der Waals surface area contributed by atoms with Gasteiger partial charge in [-0.05, 0) is 20.3 Å². The van der Waals surface area contributed by atoms with Crippen LogP contribution in [0.5, 0.6) is 0 Å². The van der Waals surface area contributed by atoms with Gasteiger partial charge in [0.2, 0.25) is 5.82 Å². The summed E-state index contributed by atoms with van der Waals surface area (Å²) >= 11 is 0. The van der Waals surface area contributed by atoms with Crippen LogP contribution in [0.3, 0.4) is 0 Å². The van der Waals surface area contributed by atoms with E-state index in [9.17, 15) is 14.7 Å². The molecule has 4 N–H and O–H groups in total. The zero-order valence-electron chi connectivity index (χ0n) is 10.7. The SMILES string of the molecule is CC(C)(O)CCNC(=O)c1ncc(NC(=O)O)cn1. The smallest absolute Gasteiger partial charge is 0.409 e. The van der Waals surface area contributed by atoms with Crippen LogP contribution in [0.4, 0.5) is 10.5 Å². The highest BCUT2D eigenvalue weighted by molar-refractivity contribution is 5.90. The lowest BCUT2D eigenvalue weighted by molar-refractivity contribution is 0.0691. The third-order valence-electron chi connectivity index (χ3n) is 2.13. The third kappa shape index (κ3) is 5.77. The van der Waals surface area contributed by atoms with Gasteiger partial charge in [0.25, 0.3) is 5.91 Å². The fourth-order valence-electron chi connectivity index (χ4n) is 1.19. The van der Waals surface area contributed by atoms with E-state index in [2.05, 4.69) is 20.6 Å². The zero-order chi connectivity index (χ0) is 14.5. The summed E-state index contributed by atoms with van der Waals surface area (Å²) in [5.41, 5.74) is -0.677. The zero-order valence-corrected chi connectivity index (χ0v) is 10.7. The van der Waals surface area contributed by atoms with Gasteiger partial charge >= 0.3 is 6.09 Å². The summed E-state index contributed by atoms with van der Waals surface area (Å²) in [5, 5.41) is 22.6. The lowest BCUT2D eigenvalue weighted by atomic mass is 10.1. The second-order valence-corrected chi connectivity index (χ2v) is 4.54. The van der Waals surface area contributed by atoms with E-state index in [0.717, 1.165) is 0 Å². The number of amides is 2. The van der Waals surface area contributed by atoms with Crippen LogP contribution in [0.1, 0.15) is 30.9 Å². The Kier molecular flexibility index (Phi) is 4.76. The van der Waals surface area contributed by atoms with E-state index < -0.39 is 17.6 Å². The molecule has 0 aliphatic rings. The number of carbonyl (C=O) groups excluding carboxylic acids is 1. The Morgan fingerprint density at radius 3 is 2.37 bits per heavy atom. The molecule has 0 saturated carbocycles. The van der Waals surface area contributed by atoms with Crippen molar-refractivity contribution >= 4 is 17.7 Å². The highest BCUT2D eigenvalue weighted by Gasteiger charge is 2.14. The Balaban J connectivity index is 2.51. The first-order valence-corrected chi connectivity index (χ1v) is 5.60. The average Bonchev–Trinajstić information content (AvgIpc) is 2.27. The molecule has 1 aromatic heterocycles. The summed E-state index contributed by atoms with van der Waals surface area (Å²) in [5.74, 6) is -0.544. The van der Waals surface area contributed by atoms with Crippen LogP contribution in [0.25, 0.3) is 0 Å². The van der Waals surface area contributed by atoms with Crippen molar-refractivity contribution in [3.63, 3.8) is 0 Å². The molecule has 0 fully saturated rings. The molecule has 0 spiro atoms. The molecule has 1 rings (SSSR count). The van der Waals surface area contributed by atoms with Crippen LogP contribution in [0.2, 0.25) is 0 Å². The molecule has 8 nitrogen and oxygen atoms in total. The van der Waals surface area contributed by atoms with Crippen LogP contribution in [0.15, 0.2) is 12.4 Å². The maximum atomic E-state index is 11.6. The Hall–Kier alpha value is -2.22. The quantitative estimate of drug-likeness (QED) is 0.614. The van der Waals surface area contributed by atoms with Crippen molar-refractivity contribution in [1.29, 1.82) is 0 Å². The van der Waals surface area contributed by atoms with Gasteiger partial charge in [0, 0.05) is 6.54 Å². The first-order chi connectivity index (χ1) is 8.78. The molecule has 0 aromatic carbocycles. The molecule has 0 aliphatic carbocycles. The molecule has 1 aromatic rings. The number of aromatic nitrogens is 2. The summed E-state index contributed by atoms with van der Waals surface area (Å²) in [4.78, 5) is 29.4. The molecule has 0 aliphatic heterocycles. The maximum absolute atomic E-state index is 11.6. The Morgan fingerprint density at radius 2 is 1.89 bits per heavy atom. The average molecular weight is 268 g/mol. The van der Waals surface area contributed by atoms with Crippen molar-refractivity contribution in [2.24, 2.45) is 0 Å². The van der Waals surface area contributed by atoms with Crippen molar-refractivity contribution in [2.75, 3.05) is 11.9 Å². The molecule has 0 radical (unpaired) electrons. The van der Waals surface area contributed by atoms with E-state index >= 15 is 0 Å². The lowest BCUT2D eigenvalue weighted by Gasteiger charge is -2.16. The van der Waals surface area contributed by atoms with Crippen molar-refractivity contribution < 1.29 is 19.8 Å². The van der Waals surface area contributed by atoms with Gasteiger partial charge in [0.15, 0.2) is 0 Å². The molecule has 104 valence electrons. The fraction of sp³-hybridized carbons (Fsp3) is 0.455. The molecular formula is C11H16N4O4. The van der Waals surface area contributed by atoms with Gasteiger partial charge in [-0.2, -0.15) is 0 Å². The van der Waals surface area contributed by atoms with E-state index in [1.165, 1.54) is 12.4 Å². The van der Waals surface area contributed by atoms with Crippen molar-refractivity contribution in [1.82, 2.24) is 15.3 Å². The summed E-state index contributed by atoms with van der Waals surface area (Å²) < 4.78 is 0. The molecule has 0 saturated heterocycles. The number of hydrogen-bond acceptors (Lipinski definition) is 5. The number of nitrogens with one attached hydrogen (secondary N) is 2. The number of anilines is 1. The Morgan fingerprint density at radius 1 is 1.32 bits per heavy atom. The summed E-state index contributed by atoms with van der Waals surface area (Å²) in [7, 11) is 0. The molecule has 2 amide bonds. The lowest BCUT2D eigenvalue weighted by Crippen LogP contribution is -2.31. The number of nitrogens with zero attached hydrogens (tertiary/aromatic N) is 2. The van der Waals surface area contributed by atoms with Crippen LogP contribution in [-0.2, 0) is 0 Å². The second kappa shape index (κ2) is 6.10. The van der Waals surface area contributed by atoms with Crippen molar-refractivity contribution in [3.05, 3.63) is 18.2 Å². The fourth-order valence-corrected chi connectivity index (χ4v) is 1.19. The van der Waals surface area contributed by atoms with E-state index in [0.29, 0.717) is 13.0 Å². The van der Waals surface area contributed by atoms with Crippen molar-refractivity contribution in [2.45, 2.75) is 25.9 Å². The number of carbonyl (C=O) groups is 2. The van der Waals surface area contributed by atoms with E-state index in [1.807, 2.05) is 0 Å². The molecule has 0 unspecified atom stereocenters. The molecule has 0 atom stereocenters. The van der Waals surface area contributed by atoms with Crippen LogP contribution in [-0.4, -0.2) is 44.3 Å². The molecule has 8 heteroatoms. The topological polar surface area (TPSA) is 124 Å². The maximum Gasteiger partial charge on any atom is 0.409 e. The summed E-state index contributed by atoms with van der Waals surface area (Å²) in [6.45, 7) is 3.57. The highest BCUT2D eigenvalue weighted by Crippen LogP contribution is 2.06. The molecular weight excluding hydrogens is 252 g/mol. The van der Waals surface area contributed by atoms with Gasteiger partial charge in [-0.3, -0.25) is 10.1 Å². The predicted molar refractivity (Wildman–Crippen MR) is 66.9 cm³/mol. The third-order valence-corrected chi connectivity index (χ3v) is 2.13. The van der Waals surface area contributed by atoms with E-state index in [-0.39, 0.29) is 11.5 Å². The van der Waals surface area contributed by atoms with Gasteiger partial charge in [0.05, 0.1) is 23.7 Å². The van der Waals surface area contributed by atoms with Crippen LogP contribution in [0, 0.1) is 0 Å². The molecule has 0 bridgehead atoms. The van der Waals surface area contributed by atoms with Gasteiger partial charge in [-0.25, -0.2) is 14.8 Å². The highest BCUT2D eigenvalue weighted by atomic mass is 16.4. The van der Waals surface area contributed by atoms with Crippen molar-refractivity contribution in [3.8, 4) is 0 Å². The number of aliphatic hydroxyl groups is 1. The normalized spacial score (nSPS) is 10.9. The van der Waals surface area contributed by atoms with Gasteiger partial charge in [-0.15, -0.1) is 0 Å². The minimum Gasteiger partial charge on any atom is -0.465 e. The Labute approximate surface area is 109 Å². The van der Waals surface area contributed by atoms with E-state index in [1.54, 1.807) is 13.8 Å². The first kappa shape index (κ1) is 14.8. The second-order valence-electron chi connectivity index (χ2n) is 4.54. The number of rotatable bonds is 5. The van der Waals surface area contributed by atoms with Crippen LogP contribution < -0.4 is 10.6 Å². The monoisotopic (exact) mass is 268 g/mol. The predicted octanol–water partition coefficient (Wildman–Crippen LogP) is 0.457.